The highest BCUT2D eigenvalue weighted by Gasteiger charge is 2.33. The number of nitrogens with zero attached hydrogens (tertiary/aromatic N) is 2. The Balaban J connectivity index is 1.13. The Labute approximate surface area is 402 Å². The number of hydrazone groups is 1. The van der Waals surface area contributed by atoms with Gasteiger partial charge < -0.3 is 33.2 Å². The maximum atomic E-state index is 13.8. The number of terminal acetylenes is 1. The molecule has 0 heterocycles. The van der Waals surface area contributed by atoms with Crippen LogP contribution in [0.25, 0.3) is 21.9 Å². The Hall–Kier alpha value is -8.16. The molecule has 0 atom stereocenters. The lowest BCUT2D eigenvalue weighted by Gasteiger charge is -2.28. The summed E-state index contributed by atoms with van der Waals surface area (Å²) in [6, 6.07) is 30.4. The molecule has 0 unspecified atom stereocenters. The van der Waals surface area contributed by atoms with Crippen LogP contribution in [0.1, 0.15) is 65.2 Å². The number of carbonyl (C=O) groups excluding carboxylic acids is 5. The fourth-order valence-corrected chi connectivity index (χ4v) is 8.14. The first kappa shape index (κ1) is 49.7. The van der Waals surface area contributed by atoms with Gasteiger partial charge in [-0.15, -0.1) is 6.42 Å². The van der Waals surface area contributed by atoms with Gasteiger partial charge in [0.2, 0.25) is 11.7 Å². The third-order valence-corrected chi connectivity index (χ3v) is 11.5. The lowest BCUT2D eigenvalue weighted by atomic mass is 9.87. The van der Waals surface area contributed by atoms with Gasteiger partial charge in [-0.2, -0.15) is 13.9 Å². The summed E-state index contributed by atoms with van der Waals surface area (Å²) in [5.41, 5.74) is 4.78. The minimum Gasteiger partial charge on any atom is -0.491 e. The van der Waals surface area contributed by atoms with Crippen LogP contribution < -0.4 is 14.2 Å². The van der Waals surface area contributed by atoms with E-state index in [2.05, 4.69) is 30.0 Å². The average molecular weight is 955 g/mol. The van der Waals surface area contributed by atoms with Crippen LogP contribution in [0.4, 0.5) is 8.78 Å². The summed E-state index contributed by atoms with van der Waals surface area (Å²) in [6.07, 6.45) is 8.18. The zero-order chi connectivity index (χ0) is 49.6. The van der Waals surface area contributed by atoms with Crippen LogP contribution in [0.5, 0.6) is 17.2 Å². The number of esters is 5. The highest BCUT2D eigenvalue weighted by atomic mass is 19.1. The van der Waals surface area contributed by atoms with E-state index in [4.69, 9.17) is 39.9 Å². The molecule has 0 spiro atoms. The lowest BCUT2D eigenvalue weighted by molar-refractivity contribution is -0.149. The molecule has 2 aliphatic carbocycles. The average Bonchev–Trinajstić information content (AvgIpc) is 3.70. The molecule has 0 aliphatic heterocycles. The first-order valence-electron chi connectivity index (χ1n) is 22.4. The normalized spacial score (nSPS) is 14.9. The number of carbonyl (C=O) groups is 5. The van der Waals surface area contributed by atoms with Crippen molar-refractivity contribution in [1.29, 1.82) is 0 Å². The monoisotopic (exact) mass is 954 g/mol. The Kier molecular flexibility index (Phi) is 16.9. The molecule has 5 aromatic rings. The zero-order valence-corrected chi connectivity index (χ0v) is 37.9. The molecule has 0 radical (unpaired) electrons. The maximum absolute atomic E-state index is 13.8. The van der Waals surface area contributed by atoms with E-state index in [1.807, 2.05) is 47.3 Å². The summed E-state index contributed by atoms with van der Waals surface area (Å²) in [4.78, 5) is 61.8. The van der Waals surface area contributed by atoms with E-state index in [0.717, 1.165) is 22.3 Å². The molecular formula is C54H48F2N2O12. The smallest absolute Gasteiger partial charge is 0.384 e. The van der Waals surface area contributed by atoms with Gasteiger partial charge in [-0.05, 0) is 107 Å². The second kappa shape index (κ2) is 23.7. The molecule has 70 heavy (non-hydrogen) atoms. The summed E-state index contributed by atoms with van der Waals surface area (Å²) in [5, 5.41) is 8.21. The van der Waals surface area contributed by atoms with Crippen molar-refractivity contribution in [2.24, 2.45) is 11.0 Å². The van der Waals surface area contributed by atoms with Crippen molar-refractivity contribution < 1.29 is 65.9 Å². The fraction of sp³-hybridized carbons (Fsp3) is 0.259. The zero-order valence-electron chi connectivity index (χ0n) is 37.9. The molecule has 7 rings (SSSR count). The number of fused-ring (bicyclic) bond motifs is 4. The quantitative estimate of drug-likeness (QED) is 0.00789. The van der Waals surface area contributed by atoms with Gasteiger partial charge in [-0.25, -0.2) is 19.2 Å². The van der Waals surface area contributed by atoms with Crippen molar-refractivity contribution >= 4 is 46.8 Å². The number of hydrogen-bond acceptors (Lipinski definition) is 14. The maximum Gasteiger partial charge on any atom is 0.384 e. The van der Waals surface area contributed by atoms with Gasteiger partial charge in [-0.3, -0.25) is 9.80 Å². The highest BCUT2D eigenvalue weighted by molar-refractivity contribution is 6.04. The van der Waals surface area contributed by atoms with Crippen molar-refractivity contribution in [3.05, 3.63) is 150 Å². The van der Waals surface area contributed by atoms with Crippen molar-refractivity contribution in [1.82, 2.24) is 5.01 Å². The number of rotatable bonds is 21. The van der Waals surface area contributed by atoms with Crippen LogP contribution in [0.15, 0.2) is 133 Å². The predicted molar refractivity (Wildman–Crippen MR) is 253 cm³/mol. The summed E-state index contributed by atoms with van der Waals surface area (Å²) in [7, 11) is 0. The number of ether oxygens (including phenoxy) is 7. The van der Waals surface area contributed by atoms with Crippen molar-refractivity contribution in [2.75, 3.05) is 39.6 Å². The fourth-order valence-electron chi connectivity index (χ4n) is 8.14. The molecule has 1 fully saturated rings. The topological polar surface area (TPSA) is 166 Å². The van der Waals surface area contributed by atoms with E-state index in [0.29, 0.717) is 60.7 Å². The Bertz CT molecular complexity index is 2800. The number of halogens is 2. The molecule has 0 bridgehead atoms. The first-order valence-corrected chi connectivity index (χ1v) is 22.4. The van der Waals surface area contributed by atoms with Crippen molar-refractivity contribution in [3.63, 3.8) is 0 Å². The van der Waals surface area contributed by atoms with E-state index in [1.165, 1.54) is 0 Å². The first-order chi connectivity index (χ1) is 33.9. The highest BCUT2D eigenvalue weighted by Crippen LogP contribution is 2.46. The van der Waals surface area contributed by atoms with Gasteiger partial charge in [-0.1, -0.05) is 67.8 Å². The van der Waals surface area contributed by atoms with Gasteiger partial charge >= 0.3 is 29.8 Å². The SMILES string of the molecule is C#CC(=O)OCCCN(/N=C/c1c(OC(=O)c2ccc(OCCOCCOC(=O)C(=C)F)cc2)ccc2cc(OC(=O)C3CCC(OC(=O)C(=C)F)CC3)ccc12)C1c2ccccc2-c2ccccc21. The van der Waals surface area contributed by atoms with Crippen LogP contribution in [0, 0.1) is 18.3 Å². The van der Waals surface area contributed by atoms with E-state index < -0.39 is 53.5 Å². The van der Waals surface area contributed by atoms with Gasteiger partial charge in [0.25, 0.3) is 0 Å². The lowest BCUT2D eigenvalue weighted by Crippen LogP contribution is -2.30. The standard InChI is InChI=1S/C54H48F2N2O12/c1-4-49(59)66-27-9-26-58(50-45-12-7-5-10-43(45)44-11-6-8-13-46(44)50)57-33-47-42-24-23-41(69-53(62)36-16-21-40(22-17-36)68-52(61)35(3)56)32-38(42)18-25-48(47)70-54(63)37-14-19-39(20-15-37)65-30-28-64-29-31-67-51(60)34(2)55/h1,5-8,10-15,18-20,23-25,32-33,36,40,50H,2-3,9,16-17,21-22,26-31H2/b57-33+. The molecule has 5 aromatic carbocycles. The van der Waals surface area contributed by atoms with Gasteiger partial charge in [0.15, 0.2) is 0 Å². The molecule has 0 saturated heterocycles. The van der Waals surface area contributed by atoms with Crippen LogP contribution in [-0.4, -0.2) is 86.8 Å². The third kappa shape index (κ3) is 12.7. The molecule has 0 N–H and O–H groups in total. The summed E-state index contributed by atoms with van der Waals surface area (Å²) < 4.78 is 63.9. The van der Waals surface area contributed by atoms with E-state index in [9.17, 15) is 32.8 Å². The number of hydrogen-bond donors (Lipinski definition) is 0. The van der Waals surface area contributed by atoms with Crippen molar-refractivity contribution in [2.45, 2.75) is 44.2 Å². The second-order valence-corrected chi connectivity index (χ2v) is 16.1. The molecular weight excluding hydrogens is 907 g/mol. The number of benzene rings is 5. The van der Waals surface area contributed by atoms with E-state index >= 15 is 0 Å². The van der Waals surface area contributed by atoms with Crippen LogP contribution in [0.2, 0.25) is 0 Å². The van der Waals surface area contributed by atoms with Crippen LogP contribution in [0.3, 0.4) is 0 Å². The molecule has 360 valence electrons. The van der Waals surface area contributed by atoms with Gasteiger partial charge in [0, 0.05) is 24.4 Å². The summed E-state index contributed by atoms with van der Waals surface area (Å²) in [6.45, 7) is 6.37. The summed E-state index contributed by atoms with van der Waals surface area (Å²) >= 11 is 0. The van der Waals surface area contributed by atoms with Gasteiger partial charge in [0.05, 0.1) is 43.6 Å². The Morgan fingerprint density at radius 3 is 2.06 bits per heavy atom. The Morgan fingerprint density at radius 2 is 1.39 bits per heavy atom. The summed E-state index contributed by atoms with van der Waals surface area (Å²) in [5.74, 6) is -4.16. The van der Waals surface area contributed by atoms with E-state index in [1.54, 1.807) is 60.8 Å². The Morgan fingerprint density at radius 1 is 0.729 bits per heavy atom. The van der Waals surface area contributed by atoms with Crippen LogP contribution in [-0.2, 0) is 38.1 Å². The molecule has 16 heteroatoms. The van der Waals surface area contributed by atoms with Crippen LogP contribution >= 0.6 is 0 Å². The molecule has 14 nitrogen and oxygen atoms in total. The third-order valence-electron chi connectivity index (χ3n) is 11.5. The van der Waals surface area contributed by atoms with Crippen molar-refractivity contribution in [3.8, 4) is 40.7 Å². The minimum absolute atomic E-state index is 0.0273. The minimum atomic E-state index is -1.19. The molecule has 0 amide bonds. The molecule has 0 aromatic heterocycles. The second-order valence-electron chi connectivity index (χ2n) is 16.1. The van der Waals surface area contributed by atoms with Gasteiger partial charge in [0.1, 0.15) is 36.6 Å². The van der Waals surface area contributed by atoms with E-state index in [-0.39, 0.29) is 56.1 Å². The molecule has 1 saturated carbocycles. The molecule has 2 aliphatic rings. The predicted octanol–water partition coefficient (Wildman–Crippen LogP) is 8.94. The largest absolute Gasteiger partial charge is 0.491 e.